The Balaban J connectivity index is 1.12. The number of aliphatic hydroxyl groups is 1. The number of carbonyl (C=O) groups excluding carboxylic acids is 5. The van der Waals surface area contributed by atoms with Crippen molar-refractivity contribution >= 4 is 35.3 Å². The normalized spacial score (nSPS) is 20.2. The van der Waals surface area contributed by atoms with Gasteiger partial charge in [-0.2, -0.15) is 13.2 Å². The fraction of sp³-hybridized carbons (Fsp3) is 0.541. The number of unbranched alkanes of at least 4 members (excludes halogenated alkanes) is 2. The zero-order chi connectivity index (χ0) is 37.6. The highest BCUT2D eigenvalue weighted by Gasteiger charge is 2.58. The second kappa shape index (κ2) is 16.4. The lowest BCUT2D eigenvalue weighted by Crippen LogP contribution is -2.52. The molecule has 3 aliphatic rings. The Morgan fingerprint density at radius 3 is 2.40 bits per heavy atom. The molecule has 0 aromatic heterocycles. The van der Waals surface area contributed by atoms with Crippen molar-refractivity contribution < 1.29 is 51.4 Å². The van der Waals surface area contributed by atoms with Crippen molar-refractivity contribution in [3.63, 3.8) is 0 Å². The number of amides is 4. The Hall–Kier alpha value is -4.53. The summed E-state index contributed by atoms with van der Waals surface area (Å²) in [6.45, 7) is -0.156. The first-order valence-electron chi connectivity index (χ1n) is 17.7. The molecule has 11 nitrogen and oxygen atoms in total. The Labute approximate surface area is 299 Å². The number of halogens is 4. The van der Waals surface area contributed by atoms with E-state index in [1.165, 1.54) is 12.1 Å². The number of ketones is 1. The van der Waals surface area contributed by atoms with Crippen molar-refractivity contribution in [3.8, 4) is 0 Å². The lowest BCUT2D eigenvalue weighted by atomic mass is 9.81. The number of Topliss-reactive ketones (excluding diaryl/α,β-unsaturated/α-hetero) is 1. The van der Waals surface area contributed by atoms with E-state index in [9.17, 15) is 46.6 Å². The number of aliphatic hydroxyl groups excluding tert-OH is 1. The van der Waals surface area contributed by atoms with E-state index in [2.05, 4.69) is 10.6 Å². The van der Waals surface area contributed by atoms with Gasteiger partial charge in [0.15, 0.2) is 11.8 Å². The van der Waals surface area contributed by atoms with Crippen LogP contribution in [0, 0.1) is 11.7 Å². The highest BCUT2D eigenvalue weighted by molar-refractivity contribution is 5.93. The number of rotatable bonds is 16. The van der Waals surface area contributed by atoms with Crippen LogP contribution in [0.3, 0.4) is 0 Å². The van der Waals surface area contributed by atoms with E-state index in [1.807, 2.05) is 0 Å². The number of fused-ring (bicyclic) bond motifs is 2. The zero-order valence-electron chi connectivity index (χ0n) is 29.0. The quantitative estimate of drug-likeness (QED) is 0.153. The van der Waals surface area contributed by atoms with Gasteiger partial charge in [-0.25, -0.2) is 9.18 Å². The lowest BCUT2D eigenvalue weighted by Gasteiger charge is -2.33. The van der Waals surface area contributed by atoms with E-state index in [4.69, 9.17) is 4.74 Å². The molecule has 15 heteroatoms. The number of ether oxygens (including phenoxy) is 1. The van der Waals surface area contributed by atoms with Gasteiger partial charge in [-0.3, -0.25) is 24.1 Å². The summed E-state index contributed by atoms with van der Waals surface area (Å²) in [7, 11) is 0. The summed E-state index contributed by atoms with van der Waals surface area (Å²) in [5, 5.41) is 16.9. The maximum atomic E-state index is 13.8. The standard InChI is InChI=1S/C37H44F4N4O7/c1-23(37(39,40)41)44(21-24-9-11-27(38)12-10-24)33(49)22-45-34(50)36(52-35(45)51)18-17-26-20-28(13-14-29(26)36)43-32(48)16-15-31(47)42-19-4-2-3-8-30(46)25-6-5-7-25/h9-14,20,23,25,34,50H,2-8,15-19,21-22H2,1H3,(H,42,47)(H,43,48)/t23-,34?,36?/m0/s1. The van der Waals surface area contributed by atoms with Gasteiger partial charge in [-0.15, -0.1) is 0 Å². The lowest BCUT2D eigenvalue weighted by molar-refractivity contribution is -0.188. The number of hydrogen-bond acceptors (Lipinski definition) is 7. The SMILES string of the molecule is C[C@H](N(Cc1ccc(F)cc1)C(=O)CN1C(=O)OC2(CCc3cc(NC(=O)CCC(=O)NCCCCCC(=O)C4CCC4)ccc32)C1O)C(F)(F)F. The highest BCUT2D eigenvalue weighted by atomic mass is 19.4. The Morgan fingerprint density at radius 2 is 1.73 bits per heavy atom. The fourth-order valence-electron chi connectivity index (χ4n) is 6.83. The molecule has 2 aliphatic carbocycles. The number of carbonyl (C=O) groups is 5. The molecule has 1 saturated carbocycles. The van der Waals surface area contributed by atoms with Gasteiger partial charge in [0.05, 0.1) is 0 Å². The minimum absolute atomic E-state index is 0.0141. The van der Waals surface area contributed by atoms with Gasteiger partial charge in [0.2, 0.25) is 17.7 Å². The maximum Gasteiger partial charge on any atom is 0.413 e. The number of hydrogen-bond donors (Lipinski definition) is 3. The van der Waals surface area contributed by atoms with Crippen LogP contribution >= 0.6 is 0 Å². The predicted molar refractivity (Wildman–Crippen MR) is 180 cm³/mol. The van der Waals surface area contributed by atoms with Crippen LogP contribution in [0.25, 0.3) is 0 Å². The third-order valence-corrected chi connectivity index (χ3v) is 10.2. The van der Waals surface area contributed by atoms with Crippen LogP contribution < -0.4 is 10.6 Å². The van der Waals surface area contributed by atoms with Crippen molar-refractivity contribution in [1.82, 2.24) is 15.1 Å². The molecule has 1 saturated heterocycles. The van der Waals surface area contributed by atoms with E-state index in [0.717, 1.165) is 57.6 Å². The molecule has 0 radical (unpaired) electrons. The van der Waals surface area contributed by atoms with E-state index < -0.39 is 60.9 Å². The molecule has 2 unspecified atom stereocenters. The number of anilines is 1. The van der Waals surface area contributed by atoms with Crippen LogP contribution in [-0.4, -0.2) is 76.0 Å². The van der Waals surface area contributed by atoms with E-state index >= 15 is 0 Å². The molecule has 4 amide bonds. The fourth-order valence-corrected chi connectivity index (χ4v) is 6.83. The molecule has 0 bridgehead atoms. The second-order valence-electron chi connectivity index (χ2n) is 13.8. The van der Waals surface area contributed by atoms with Crippen molar-refractivity contribution in [1.29, 1.82) is 0 Å². The largest absolute Gasteiger partial charge is 0.433 e. The summed E-state index contributed by atoms with van der Waals surface area (Å²) in [6, 6.07) is 7.14. The first-order valence-corrected chi connectivity index (χ1v) is 17.7. The van der Waals surface area contributed by atoms with E-state index in [-0.39, 0.29) is 36.7 Å². The molecular weight excluding hydrogens is 688 g/mol. The molecule has 3 atom stereocenters. The predicted octanol–water partition coefficient (Wildman–Crippen LogP) is 5.48. The minimum Gasteiger partial charge on any atom is -0.433 e. The Morgan fingerprint density at radius 1 is 1.02 bits per heavy atom. The summed E-state index contributed by atoms with van der Waals surface area (Å²) in [4.78, 5) is 64.3. The first kappa shape index (κ1) is 38.7. The molecule has 282 valence electrons. The molecule has 2 fully saturated rings. The minimum atomic E-state index is -4.80. The van der Waals surface area contributed by atoms with Crippen LogP contribution in [0.15, 0.2) is 42.5 Å². The Bertz CT molecular complexity index is 1650. The summed E-state index contributed by atoms with van der Waals surface area (Å²) in [5.74, 6) is -1.77. The first-order chi connectivity index (χ1) is 24.7. The molecule has 1 aliphatic heterocycles. The number of benzene rings is 2. The second-order valence-corrected chi connectivity index (χ2v) is 13.8. The molecule has 2 aromatic rings. The van der Waals surface area contributed by atoms with Gasteiger partial charge in [-0.1, -0.05) is 31.0 Å². The Kier molecular flexibility index (Phi) is 12.2. The van der Waals surface area contributed by atoms with Crippen LogP contribution in [0.4, 0.5) is 28.0 Å². The molecule has 3 N–H and O–H groups in total. The molecule has 1 heterocycles. The summed E-state index contributed by atoms with van der Waals surface area (Å²) < 4.78 is 60.3. The number of alkyl halides is 3. The average Bonchev–Trinajstić information content (AvgIpc) is 3.54. The summed E-state index contributed by atoms with van der Waals surface area (Å²) in [5.41, 5.74) is 0.143. The number of nitrogens with one attached hydrogen (secondary N) is 2. The van der Waals surface area contributed by atoms with Crippen molar-refractivity contribution in [3.05, 3.63) is 65.0 Å². The zero-order valence-corrected chi connectivity index (χ0v) is 29.0. The van der Waals surface area contributed by atoms with E-state index in [1.54, 1.807) is 18.2 Å². The average molecular weight is 733 g/mol. The van der Waals surface area contributed by atoms with Gasteiger partial charge in [-0.05, 0) is 74.4 Å². The van der Waals surface area contributed by atoms with E-state index in [0.29, 0.717) is 51.8 Å². The molecule has 2 aromatic carbocycles. The van der Waals surface area contributed by atoms with Crippen molar-refractivity contribution in [2.24, 2.45) is 5.92 Å². The van der Waals surface area contributed by atoms with Gasteiger partial charge >= 0.3 is 12.3 Å². The van der Waals surface area contributed by atoms with Gasteiger partial charge in [0.1, 0.15) is 24.2 Å². The third-order valence-electron chi connectivity index (χ3n) is 10.2. The smallest absolute Gasteiger partial charge is 0.413 e. The molecule has 5 rings (SSSR count). The van der Waals surface area contributed by atoms with Crippen molar-refractivity contribution in [2.45, 2.75) is 108 Å². The third kappa shape index (κ3) is 9.09. The topological polar surface area (TPSA) is 145 Å². The van der Waals surface area contributed by atoms with Crippen LogP contribution in [0.2, 0.25) is 0 Å². The highest BCUT2D eigenvalue weighted by Crippen LogP contribution is 2.48. The van der Waals surface area contributed by atoms with Gasteiger partial charge in [0.25, 0.3) is 0 Å². The van der Waals surface area contributed by atoms with Crippen LogP contribution in [-0.2, 0) is 42.5 Å². The monoisotopic (exact) mass is 732 g/mol. The summed E-state index contributed by atoms with van der Waals surface area (Å²) >= 11 is 0. The molecular formula is C37H44F4N4O7. The van der Waals surface area contributed by atoms with Crippen LogP contribution in [0.5, 0.6) is 0 Å². The maximum absolute atomic E-state index is 13.8. The van der Waals surface area contributed by atoms with Crippen LogP contribution in [0.1, 0.15) is 87.8 Å². The molecule has 1 spiro atoms. The molecule has 52 heavy (non-hydrogen) atoms. The van der Waals surface area contributed by atoms with Gasteiger partial charge in [0, 0.05) is 55.9 Å². The van der Waals surface area contributed by atoms with Gasteiger partial charge < -0.3 is 25.4 Å². The number of nitrogens with zero attached hydrogens (tertiary/aromatic N) is 2. The van der Waals surface area contributed by atoms with Crippen molar-refractivity contribution in [2.75, 3.05) is 18.4 Å². The number of aryl methyl sites for hydroxylation is 1. The summed E-state index contributed by atoms with van der Waals surface area (Å²) in [6.07, 6.45) is -1.10.